The fourth-order valence-corrected chi connectivity index (χ4v) is 1.06. The van der Waals surface area contributed by atoms with Crippen LogP contribution in [-0.2, 0) is 0 Å². The Balaban J connectivity index is 2.89. The van der Waals surface area contributed by atoms with Crippen LogP contribution in [0.15, 0.2) is 29.3 Å². The molecule has 0 amide bonds. The Morgan fingerprint density at radius 2 is 2.15 bits per heavy atom. The van der Waals surface area contributed by atoms with Crippen LogP contribution in [0.5, 0.6) is 0 Å². The molecular formula is C9H12FN3. The molecule has 1 aromatic carbocycles. The summed E-state index contributed by atoms with van der Waals surface area (Å²) in [6.07, 6.45) is 0. The van der Waals surface area contributed by atoms with Crippen molar-refractivity contribution >= 4 is 5.96 Å². The second-order valence-electron chi connectivity index (χ2n) is 2.78. The summed E-state index contributed by atoms with van der Waals surface area (Å²) in [7, 11) is 0. The number of hydrogen-bond donors (Lipinski definition) is 2. The minimum absolute atomic E-state index is 0.0109. The summed E-state index contributed by atoms with van der Waals surface area (Å²) in [4.78, 5) is 3.89. The van der Waals surface area contributed by atoms with Crippen LogP contribution >= 0.6 is 0 Å². The Hall–Kier alpha value is -1.58. The number of halogens is 1. The molecule has 0 aliphatic heterocycles. The van der Waals surface area contributed by atoms with Gasteiger partial charge in [-0.3, -0.25) is 0 Å². The third kappa shape index (κ3) is 2.74. The van der Waals surface area contributed by atoms with Crippen molar-refractivity contribution in [3.63, 3.8) is 0 Å². The number of hydrogen-bond acceptors (Lipinski definition) is 1. The van der Waals surface area contributed by atoms with Crippen molar-refractivity contribution in [2.75, 3.05) is 0 Å². The predicted molar refractivity (Wildman–Crippen MR) is 50.6 cm³/mol. The van der Waals surface area contributed by atoms with Gasteiger partial charge in [0.25, 0.3) is 0 Å². The van der Waals surface area contributed by atoms with E-state index in [1.54, 1.807) is 19.1 Å². The molecule has 0 heterocycles. The van der Waals surface area contributed by atoms with Crippen LogP contribution in [0.1, 0.15) is 18.5 Å². The quantitative estimate of drug-likeness (QED) is 0.531. The van der Waals surface area contributed by atoms with Gasteiger partial charge in [0.1, 0.15) is 5.82 Å². The van der Waals surface area contributed by atoms with Crippen molar-refractivity contribution in [1.29, 1.82) is 0 Å². The Morgan fingerprint density at radius 1 is 1.46 bits per heavy atom. The molecule has 4 N–H and O–H groups in total. The largest absolute Gasteiger partial charge is 0.370 e. The smallest absolute Gasteiger partial charge is 0.186 e. The summed E-state index contributed by atoms with van der Waals surface area (Å²) < 4.78 is 12.8. The molecule has 1 aromatic rings. The van der Waals surface area contributed by atoms with Gasteiger partial charge in [-0.2, -0.15) is 0 Å². The van der Waals surface area contributed by atoms with Gasteiger partial charge in [0.15, 0.2) is 5.96 Å². The Bertz CT molecular complexity index is 318. The van der Waals surface area contributed by atoms with E-state index in [0.717, 1.165) is 5.56 Å². The third-order valence-corrected chi connectivity index (χ3v) is 1.67. The van der Waals surface area contributed by atoms with E-state index in [0.29, 0.717) is 0 Å². The first-order valence-corrected chi connectivity index (χ1v) is 3.94. The molecule has 70 valence electrons. The van der Waals surface area contributed by atoms with Crippen molar-refractivity contribution in [1.82, 2.24) is 0 Å². The standard InChI is InChI=1S/C9H12FN3/c1-6(13-9(11)12)7-3-2-4-8(10)5-7/h2-6H,1H3,(H4,11,12,13)/t6-/m0/s1. The fourth-order valence-electron chi connectivity index (χ4n) is 1.06. The summed E-state index contributed by atoms with van der Waals surface area (Å²) in [5, 5.41) is 0. The van der Waals surface area contributed by atoms with Gasteiger partial charge in [-0.25, -0.2) is 9.38 Å². The predicted octanol–water partition coefficient (Wildman–Crippen LogP) is 1.16. The molecule has 13 heavy (non-hydrogen) atoms. The molecule has 4 heteroatoms. The summed E-state index contributed by atoms with van der Waals surface area (Å²) in [5.41, 5.74) is 11.2. The molecule has 0 bridgehead atoms. The first-order chi connectivity index (χ1) is 6.09. The van der Waals surface area contributed by atoms with Crippen LogP contribution in [-0.4, -0.2) is 5.96 Å². The number of benzene rings is 1. The lowest BCUT2D eigenvalue weighted by atomic mass is 10.1. The average Bonchev–Trinajstić information content (AvgIpc) is 2.03. The van der Waals surface area contributed by atoms with Crippen molar-refractivity contribution < 1.29 is 4.39 Å². The lowest BCUT2D eigenvalue weighted by Gasteiger charge is -2.06. The zero-order chi connectivity index (χ0) is 9.84. The maximum absolute atomic E-state index is 12.8. The second kappa shape index (κ2) is 3.89. The summed E-state index contributed by atoms with van der Waals surface area (Å²) in [5.74, 6) is -0.271. The molecule has 3 nitrogen and oxygen atoms in total. The highest BCUT2D eigenvalue weighted by Gasteiger charge is 2.03. The van der Waals surface area contributed by atoms with E-state index in [9.17, 15) is 4.39 Å². The molecule has 1 atom stereocenters. The number of guanidine groups is 1. The van der Waals surface area contributed by atoms with Gasteiger partial charge in [-0.1, -0.05) is 12.1 Å². The molecule has 0 saturated carbocycles. The van der Waals surface area contributed by atoms with Crippen LogP contribution in [0.3, 0.4) is 0 Å². The van der Waals surface area contributed by atoms with Gasteiger partial charge in [-0.15, -0.1) is 0 Å². The van der Waals surface area contributed by atoms with Gasteiger partial charge in [-0.05, 0) is 24.6 Å². The number of nitrogens with zero attached hydrogens (tertiary/aromatic N) is 1. The van der Waals surface area contributed by atoms with E-state index in [4.69, 9.17) is 11.5 Å². The van der Waals surface area contributed by atoms with Gasteiger partial charge < -0.3 is 11.5 Å². The molecule has 0 radical (unpaired) electrons. The highest BCUT2D eigenvalue weighted by atomic mass is 19.1. The summed E-state index contributed by atoms with van der Waals surface area (Å²) >= 11 is 0. The normalized spacial score (nSPS) is 12.2. The Labute approximate surface area is 76.3 Å². The van der Waals surface area contributed by atoms with Crippen molar-refractivity contribution in [3.05, 3.63) is 35.6 Å². The van der Waals surface area contributed by atoms with E-state index >= 15 is 0 Å². The van der Waals surface area contributed by atoms with Gasteiger partial charge in [0.05, 0.1) is 6.04 Å². The van der Waals surface area contributed by atoms with E-state index in [1.807, 2.05) is 0 Å². The fraction of sp³-hybridized carbons (Fsp3) is 0.222. The minimum Gasteiger partial charge on any atom is -0.370 e. The van der Waals surface area contributed by atoms with Crippen molar-refractivity contribution in [3.8, 4) is 0 Å². The maximum Gasteiger partial charge on any atom is 0.186 e. The summed E-state index contributed by atoms with van der Waals surface area (Å²) in [6, 6.07) is 5.99. The molecular weight excluding hydrogens is 169 g/mol. The molecule has 1 rings (SSSR count). The van der Waals surface area contributed by atoms with Gasteiger partial charge >= 0.3 is 0 Å². The molecule has 0 spiro atoms. The molecule has 0 aromatic heterocycles. The Morgan fingerprint density at radius 3 is 2.69 bits per heavy atom. The van der Waals surface area contributed by atoms with Crippen LogP contribution in [0.25, 0.3) is 0 Å². The average molecular weight is 181 g/mol. The Kier molecular flexibility index (Phi) is 2.84. The molecule has 0 fully saturated rings. The van der Waals surface area contributed by atoms with E-state index in [1.165, 1.54) is 12.1 Å². The zero-order valence-corrected chi connectivity index (χ0v) is 7.37. The number of nitrogens with two attached hydrogens (primary N) is 2. The molecule has 0 saturated heterocycles. The first-order valence-electron chi connectivity index (χ1n) is 3.94. The monoisotopic (exact) mass is 181 g/mol. The van der Waals surface area contributed by atoms with E-state index in [-0.39, 0.29) is 17.8 Å². The van der Waals surface area contributed by atoms with Crippen molar-refractivity contribution in [2.24, 2.45) is 16.5 Å². The SMILES string of the molecule is C[C@H](N=C(N)N)c1cccc(F)c1. The highest BCUT2D eigenvalue weighted by molar-refractivity contribution is 5.75. The topological polar surface area (TPSA) is 64.4 Å². The summed E-state index contributed by atoms with van der Waals surface area (Å²) in [6.45, 7) is 1.80. The third-order valence-electron chi connectivity index (χ3n) is 1.67. The molecule has 0 aliphatic carbocycles. The number of aliphatic imine (C=N–C) groups is 1. The lowest BCUT2D eigenvalue weighted by molar-refractivity contribution is 0.622. The van der Waals surface area contributed by atoms with E-state index < -0.39 is 0 Å². The maximum atomic E-state index is 12.8. The number of rotatable bonds is 2. The van der Waals surface area contributed by atoms with Crippen molar-refractivity contribution in [2.45, 2.75) is 13.0 Å². The van der Waals surface area contributed by atoms with Crippen LogP contribution in [0.4, 0.5) is 4.39 Å². The second-order valence-corrected chi connectivity index (χ2v) is 2.78. The van der Waals surface area contributed by atoms with Crippen LogP contribution in [0, 0.1) is 5.82 Å². The molecule has 0 unspecified atom stereocenters. The minimum atomic E-state index is -0.282. The van der Waals surface area contributed by atoms with E-state index in [2.05, 4.69) is 4.99 Å². The highest BCUT2D eigenvalue weighted by Crippen LogP contribution is 2.16. The van der Waals surface area contributed by atoms with Gasteiger partial charge in [0, 0.05) is 0 Å². The first kappa shape index (κ1) is 9.51. The zero-order valence-electron chi connectivity index (χ0n) is 7.37. The van der Waals surface area contributed by atoms with Crippen LogP contribution in [0.2, 0.25) is 0 Å². The van der Waals surface area contributed by atoms with Crippen LogP contribution < -0.4 is 11.5 Å². The lowest BCUT2D eigenvalue weighted by Crippen LogP contribution is -2.23. The molecule has 0 aliphatic rings. The van der Waals surface area contributed by atoms with Gasteiger partial charge in [0.2, 0.25) is 0 Å².